The number of hydrogen-bond acceptors (Lipinski definition) is 5. The minimum absolute atomic E-state index is 0.105. The van der Waals surface area contributed by atoms with Crippen molar-refractivity contribution < 1.29 is 23.8 Å². The second-order valence-corrected chi connectivity index (χ2v) is 8.34. The smallest absolute Gasteiger partial charge is 0.261 e. The molecule has 35 heavy (non-hydrogen) atoms. The molecule has 0 aliphatic carbocycles. The number of benzene rings is 3. The van der Waals surface area contributed by atoms with Crippen LogP contribution in [0.2, 0.25) is 0 Å². The van der Waals surface area contributed by atoms with Crippen molar-refractivity contribution in [2.24, 2.45) is 0 Å². The molecule has 1 fully saturated rings. The summed E-state index contributed by atoms with van der Waals surface area (Å²) in [5, 5.41) is 2.90. The van der Waals surface area contributed by atoms with E-state index in [-0.39, 0.29) is 24.5 Å². The predicted molar refractivity (Wildman–Crippen MR) is 133 cm³/mol. The van der Waals surface area contributed by atoms with Gasteiger partial charge in [0.2, 0.25) is 0 Å². The number of nitrogens with one attached hydrogen (secondary N) is 1. The number of ether oxygens (including phenoxy) is 3. The van der Waals surface area contributed by atoms with Crippen LogP contribution in [-0.4, -0.2) is 44.1 Å². The average molecular weight is 475 g/mol. The maximum Gasteiger partial charge on any atom is 0.261 e. The van der Waals surface area contributed by atoms with Gasteiger partial charge in [-0.15, -0.1) is 0 Å². The average Bonchev–Trinajstić information content (AvgIpc) is 3.40. The van der Waals surface area contributed by atoms with E-state index in [4.69, 9.17) is 14.2 Å². The Kier molecular flexibility index (Phi) is 7.88. The molecule has 7 heteroatoms. The Morgan fingerprint density at radius 3 is 2.54 bits per heavy atom. The minimum atomic E-state index is -0.199. The number of likely N-dealkylation sites (tertiary alicyclic amines) is 1. The van der Waals surface area contributed by atoms with Crippen LogP contribution in [0, 0.1) is 0 Å². The fourth-order valence-electron chi connectivity index (χ4n) is 4.32. The van der Waals surface area contributed by atoms with Crippen LogP contribution in [0.15, 0.2) is 72.8 Å². The molecule has 0 bridgehead atoms. The van der Waals surface area contributed by atoms with Gasteiger partial charge in [0.25, 0.3) is 11.8 Å². The third kappa shape index (κ3) is 5.93. The highest BCUT2D eigenvalue weighted by Gasteiger charge is 2.32. The quantitative estimate of drug-likeness (QED) is 0.498. The van der Waals surface area contributed by atoms with Crippen LogP contribution >= 0.6 is 0 Å². The Hall–Kier alpha value is -4.00. The van der Waals surface area contributed by atoms with Gasteiger partial charge in [-0.05, 0) is 54.8 Å². The molecule has 3 aromatic rings. The van der Waals surface area contributed by atoms with Crippen LogP contribution in [0.4, 0.5) is 0 Å². The molecule has 182 valence electrons. The lowest BCUT2D eigenvalue weighted by molar-refractivity contribution is -0.134. The zero-order valence-electron chi connectivity index (χ0n) is 20.0. The molecule has 1 aliphatic heterocycles. The lowest BCUT2D eigenvalue weighted by atomic mass is 10.0. The number of hydrogen-bond donors (Lipinski definition) is 1. The Labute approximate surface area is 205 Å². The van der Waals surface area contributed by atoms with Gasteiger partial charge in [-0.1, -0.05) is 36.4 Å². The van der Waals surface area contributed by atoms with Crippen LogP contribution in [0.1, 0.15) is 40.4 Å². The van der Waals surface area contributed by atoms with Crippen LogP contribution in [0.25, 0.3) is 0 Å². The lowest BCUT2D eigenvalue weighted by Crippen LogP contribution is -2.34. The topological polar surface area (TPSA) is 77.1 Å². The summed E-state index contributed by atoms with van der Waals surface area (Å²) in [6.45, 7) is 0.973. The summed E-state index contributed by atoms with van der Waals surface area (Å²) in [5.41, 5.74) is 2.42. The molecule has 3 aromatic carbocycles. The number of rotatable bonds is 9. The zero-order chi connectivity index (χ0) is 24.6. The highest BCUT2D eigenvalue weighted by Crippen LogP contribution is 2.39. The highest BCUT2D eigenvalue weighted by molar-refractivity contribution is 5.94. The number of methoxy groups -OCH3 is 2. The predicted octanol–water partition coefficient (Wildman–Crippen LogP) is 4.38. The maximum atomic E-state index is 13.1. The molecule has 1 unspecified atom stereocenters. The van der Waals surface area contributed by atoms with E-state index in [1.54, 1.807) is 38.5 Å². The van der Waals surface area contributed by atoms with E-state index in [1.807, 2.05) is 53.4 Å². The van der Waals surface area contributed by atoms with E-state index in [2.05, 4.69) is 5.32 Å². The molecule has 1 N–H and O–H groups in total. The number of amides is 2. The largest absolute Gasteiger partial charge is 0.497 e. The second-order valence-electron chi connectivity index (χ2n) is 8.34. The summed E-state index contributed by atoms with van der Waals surface area (Å²) in [6.07, 6.45) is 1.74. The van der Waals surface area contributed by atoms with Gasteiger partial charge < -0.3 is 24.4 Å². The van der Waals surface area contributed by atoms with Crippen LogP contribution < -0.4 is 19.5 Å². The standard InChI is InChI=1S/C28H30N2O5/c1-33-22-13-14-26(34-2)24(17-22)25-12-7-15-30(25)27(31)19-35-23-11-6-10-21(16-23)28(32)29-18-20-8-4-3-5-9-20/h3-6,8-11,13-14,16-17,25H,7,12,15,18-19H2,1-2H3,(H,29,32). The molecule has 4 rings (SSSR count). The highest BCUT2D eigenvalue weighted by atomic mass is 16.5. The molecule has 1 saturated heterocycles. The molecule has 7 nitrogen and oxygen atoms in total. The first-order valence-electron chi connectivity index (χ1n) is 11.7. The molecule has 0 radical (unpaired) electrons. The molecule has 0 saturated carbocycles. The number of nitrogens with zero attached hydrogens (tertiary/aromatic N) is 1. The van der Waals surface area contributed by atoms with E-state index in [0.717, 1.165) is 35.5 Å². The Balaban J connectivity index is 1.38. The van der Waals surface area contributed by atoms with Gasteiger partial charge in [-0.2, -0.15) is 0 Å². The monoisotopic (exact) mass is 474 g/mol. The van der Waals surface area contributed by atoms with Gasteiger partial charge >= 0.3 is 0 Å². The summed E-state index contributed by atoms with van der Waals surface area (Å²) in [7, 11) is 3.24. The molecular formula is C28H30N2O5. The van der Waals surface area contributed by atoms with Gasteiger partial charge in [0.15, 0.2) is 6.61 Å². The fraction of sp³-hybridized carbons (Fsp3) is 0.286. The van der Waals surface area contributed by atoms with Gasteiger partial charge in [0.1, 0.15) is 17.2 Å². The molecule has 1 aliphatic rings. The van der Waals surface area contributed by atoms with Gasteiger partial charge in [-0.3, -0.25) is 9.59 Å². The molecule has 2 amide bonds. The first-order valence-corrected chi connectivity index (χ1v) is 11.7. The zero-order valence-corrected chi connectivity index (χ0v) is 20.0. The first-order chi connectivity index (χ1) is 17.1. The number of carbonyl (C=O) groups excluding carboxylic acids is 2. The van der Waals surface area contributed by atoms with Crippen molar-refractivity contribution in [1.29, 1.82) is 0 Å². The Morgan fingerprint density at radius 2 is 1.77 bits per heavy atom. The number of carbonyl (C=O) groups is 2. The normalized spacial score (nSPS) is 14.9. The van der Waals surface area contributed by atoms with E-state index >= 15 is 0 Å². The van der Waals surface area contributed by atoms with Gasteiger partial charge in [0.05, 0.1) is 20.3 Å². The van der Waals surface area contributed by atoms with E-state index in [1.165, 1.54) is 0 Å². The van der Waals surface area contributed by atoms with Gasteiger partial charge in [-0.25, -0.2) is 0 Å². The van der Waals surface area contributed by atoms with E-state index in [0.29, 0.717) is 24.4 Å². The Morgan fingerprint density at radius 1 is 0.943 bits per heavy atom. The van der Waals surface area contributed by atoms with Crippen molar-refractivity contribution >= 4 is 11.8 Å². The van der Waals surface area contributed by atoms with Crippen molar-refractivity contribution in [3.05, 3.63) is 89.5 Å². The van der Waals surface area contributed by atoms with Crippen molar-refractivity contribution in [1.82, 2.24) is 10.2 Å². The summed E-state index contributed by atoms with van der Waals surface area (Å²) in [4.78, 5) is 27.5. The molecule has 0 spiro atoms. The van der Waals surface area contributed by atoms with Crippen molar-refractivity contribution in [3.8, 4) is 17.2 Å². The van der Waals surface area contributed by atoms with Gasteiger partial charge in [0, 0.05) is 24.2 Å². The SMILES string of the molecule is COc1ccc(OC)c(C2CCCN2C(=O)COc2cccc(C(=O)NCc3ccccc3)c2)c1. The lowest BCUT2D eigenvalue weighted by Gasteiger charge is -2.26. The van der Waals surface area contributed by atoms with Crippen LogP contribution in [0.5, 0.6) is 17.2 Å². The summed E-state index contributed by atoms with van der Waals surface area (Å²) < 4.78 is 16.7. The molecular weight excluding hydrogens is 444 g/mol. The third-order valence-electron chi connectivity index (χ3n) is 6.12. The summed E-state index contributed by atoms with van der Waals surface area (Å²) in [5.74, 6) is 1.61. The summed E-state index contributed by atoms with van der Waals surface area (Å²) >= 11 is 0. The minimum Gasteiger partial charge on any atom is -0.497 e. The van der Waals surface area contributed by atoms with E-state index in [9.17, 15) is 9.59 Å². The Bertz CT molecular complexity index is 1170. The first kappa shape index (κ1) is 24.1. The fourth-order valence-corrected chi connectivity index (χ4v) is 4.32. The maximum absolute atomic E-state index is 13.1. The molecule has 0 aromatic heterocycles. The third-order valence-corrected chi connectivity index (χ3v) is 6.12. The van der Waals surface area contributed by atoms with Crippen molar-refractivity contribution in [2.45, 2.75) is 25.4 Å². The second kappa shape index (κ2) is 11.4. The van der Waals surface area contributed by atoms with Crippen LogP contribution in [-0.2, 0) is 11.3 Å². The summed E-state index contributed by atoms with van der Waals surface area (Å²) in [6, 6.07) is 22.1. The van der Waals surface area contributed by atoms with Crippen molar-refractivity contribution in [3.63, 3.8) is 0 Å². The van der Waals surface area contributed by atoms with E-state index < -0.39 is 0 Å². The molecule has 1 atom stereocenters. The van der Waals surface area contributed by atoms with Crippen LogP contribution in [0.3, 0.4) is 0 Å². The van der Waals surface area contributed by atoms with Crippen molar-refractivity contribution in [2.75, 3.05) is 27.4 Å². The molecule has 1 heterocycles.